The third-order valence-corrected chi connectivity index (χ3v) is 9.41. The van der Waals surface area contributed by atoms with Gasteiger partial charge in [-0.2, -0.15) is 0 Å². The van der Waals surface area contributed by atoms with Crippen LogP contribution in [0.2, 0.25) is 0 Å². The predicted molar refractivity (Wildman–Crippen MR) is 101 cm³/mol. The first-order chi connectivity index (χ1) is 12.0. The molecule has 1 spiro atoms. The molecule has 6 unspecified atom stereocenters. The summed E-state index contributed by atoms with van der Waals surface area (Å²) in [6.07, 6.45) is 20.1. The van der Waals surface area contributed by atoms with Gasteiger partial charge in [0.15, 0.2) is 0 Å². The van der Waals surface area contributed by atoms with Gasteiger partial charge in [0.2, 0.25) is 0 Å². The minimum Gasteiger partial charge on any atom is -0.481 e. The Morgan fingerprint density at radius 1 is 1.00 bits per heavy atom. The lowest BCUT2D eigenvalue weighted by atomic mass is 9.49. The number of carboxylic acids is 1. The number of carboxylic acid groups (broad SMARTS) is 1. The lowest BCUT2D eigenvalue weighted by Gasteiger charge is -2.56. The monoisotopic (exact) mass is 346 g/mol. The zero-order valence-electron chi connectivity index (χ0n) is 16.3. The van der Waals surface area contributed by atoms with Crippen molar-refractivity contribution in [2.45, 2.75) is 103 Å². The molecule has 6 atom stereocenters. The highest BCUT2D eigenvalue weighted by Crippen LogP contribution is 2.64. The van der Waals surface area contributed by atoms with Crippen LogP contribution >= 0.6 is 0 Å². The molecule has 4 aliphatic rings. The highest BCUT2D eigenvalue weighted by atomic mass is 16.4. The number of carbonyl (C=O) groups is 1. The number of hydrogen-bond donors (Lipinski definition) is 1. The predicted octanol–water partition coefficient (Wildman–Crippen LogP) is 6.43. The van der Waals surface area contributed by atoms with Gasteiger partial charge in [0, 0.05) is 6.42 Å². The second kappa shape index (κ2) is 6.89. The molecule has 0 radical (unpaired) electrons. The fraction of sp³-hybridized carbons (Fsp3) is 0.957. The molecule has 2 nitrogen and oxygen atoms in total. The summed E-state index contributed by atoms with van der Waals surface area (Å²) in [5.41, 5.74) is 1.23. The van der Waals surface area contributed by atoms with Crippen LogP contribution in [0.1, 0.15) is 103 Å². The van der Waals surface area contributed by atoms with Crippen LogP contribution in [0, 0.1) is 34.5 Å². The molecule has 0 aromatic heterocycles. The molecular formula is C23H38O2. The minimum atomic E-state index is -0.616. The Hall–Kier alpha value is -0.530. The van der Waals surface area contributed by atoms with Gasteiger partial charge in [0.1, 0.15) is 0 Å². The van der Waals surface area contributed by atoms with Crippen molar-refractivity contribution >= 4 is 5.97 Å². The van der Waals surface area contributed by atoms with Gasteiger partial charge in [-0.1, -0.05) is 26.2 Å². The maximum atomic E-state index is 10.9. The summed E-state index contributed by atoms with van der Waals surface area (Å²) in [4.78, 5) is 10.9. The third kappa shape index (κ3) is 3.16. The maximum absolute atomic E-state index is 10.9. The summed E-state index contributed by atoms with van der Waals surface area (Å²) >= 11 is 0. The second-order valence-electron chi connectivity index (χ2n) is 10.4. The van der Waals surface area contributed by atoms with Gasteiger partial charge in [0.25, 0.3) is 0 Å². The van der Waals surface area contributed by atoms with Crippen molar-refractivity contribution in [2.24, 2.45) is 34.5 Å². The van der Waals surface area contributed by atoms with Gasteiger partial charge in [0.05, 0.1) is 0 Å². The Morgan fingerprint density at radius 2 is 1.84 bits per heavy atom. The van der Waals surface area contributed by atoms with E-state index in [2.05, 4.69) is 6.92 Å². The Bertz CT molecular complexity index is 500. The van der Waals surface area contributed by atoms with Gasteiger partial charge in [-0.15, -0.1) is 0 Å². The largest absolute Gasteiger partial charge is 0.481 e. The second-order valence-corrected chi connectivity index (χ2v) is 10.4. The van der Waals surface area contributed by atoms with E-state index in [9.17, 15) is 4.79 Å². The first-order valence-electron chi connectivity index (χ1n) is 11.3. The molecule has 0 aliphatic heterocycles. The molecule has 0 heterocycles. The van der Waals surface area contributed by atoms with E-state index in [-0.39, 0.29) is 0 Å². The molecule has 0 amide bonds. The topological polar surface area (TPSA) is 37.3 Å². The van der Waals surface area contributed by atoms with Gasteiger partial charge >= 0.3 is 5.97 Å². The fourth-order valence-corrected chi connectivity index (χ4v) is 8.21. The Morgan fingerprint density at radius 3 is 2.68 bits per heavy atom. The molecule has 0 aromatic rings. The van der Waals surface area contributed by atoms with Crippen LogP contribution in [-0.2, 0) is 4.79 Å². The normalized spacial score (nSPS) is 46.6. The summed E-state index contributed by atoms with van der Waals surface area (Å²) in [5, 5.41) is 8.99. The Balaban J connectivity index is 1.49. The van der Waals surface area contributed by atoms with Crippen LogP contribution in [0.5, 0.6) is 0 Å². The standard InChI is InChI=1S/C23H38O2/c1-22-13-5-15-23-14-3-2-6-19(23)10-9-17(16-23)20(22)12-11-18(22)7-4-8-21(24)25/h17-20H,2-16H2,1H3,(H,24,25). The first-order valence-corrected chi connectivity index (χ1v) is 11.3. The van der Waals surface area contributed by atoms with Crippen molar-refractivity contribution in [3.05, 3.63) is 0 Å². The molecule has 142 valence electrons. The fourth-order valence-electron chi connectivity index (χ4n) is 8.21. The maximum Gasteiger partial charge on any atom is 0.303 e. The summed E-state index contributed by atoms with van der Waals surface area (Å²) in [5.74, 6) is 3.13. The van der Waals surface area contributed by atoms with Crippen LogP contribution < -0.4 is 0 Å². The molecule has 25 heavy (non-hydrogen) atoms. The van der Waals surface area contributed by atoms with Crippen LogP contribution in [-0.4, -0.2) is 11.1 Å². The Kier molecular flexibility index (Phi) is 4.92. The van der Waals surface area contributed by atoms with E-state index in [4.69, 9.17) is 5.11 Å². The van der Waals surface area contributed by atoms with Crippen LogP contribution in [0.3, 0.4) is 0 Å². The van der Waals surface area contributed by atoms with Crippen molar-refractivity contribution in [3.63, 3.8) is 0 Å². The number of fused-ring (bicyclic) bond motifs is 3. The quantitative estimate of drug-likeness (QED) is 0.636. The molecule has 1 N–H and O–H groups in total. The molecule has 0 saturated heterocycles. The molecule has 4 saturated carbocycles. The summed E-state index contributed by atoms with van der Waals surface area (Å²) in [7, 11) is 0. The highest BCUT2D eigenvalue weighted by molar-refractivity contribution is 5.66. The highest BCUT2D eigenvalue weighted by Gasteiger charge is 2.54. The first kappa shape index (κ1) is 17.9. The summed E-state index contributed by atoms with van der Waals surface area (Å²) < 4.78 is 0. The third-order valence-electron chi connectivity index (χ3n) is 9.41. The number of hydrogen-bond acceptors (Lipinski definition) is 1. The lowest BCUT2D eigenvalue weighted by molar-refractivity contribution is -0.137. The van der Waals surface area contributed by atoms with E-state index in [0.29, 0.717) is 11.8 Å². The molecule has 4 fully saturated rings. The van der Waals surface area contributed by atoms with Gasteiger partial charge in [-0.3, -0.25) is 4.79 Å². The molecular weight excluding hydrogens is 308 g/mol. The minimum absolute atomic E-state index is 0.367. The molecule has 2 heteroatoms. The zero-order valence-corrected chi connectivity index (χ0v) is 16.3. The SMILES string of the molecule is CC12CCCC34CCCCC3CCC(C4)C1CCC2CCCC(=O)O. The Labute approximate surface area is 154 Å². The molecule has 2 bridgehead atoms. The van der Waals surface area contributed by atoms with E-state index < -0.39 is 5.97 Å². The number of rotatable bonds is 4. The van der Waals surface area contributed by atoms with E-state index in [0.717, 1.165) is 41.9 Å². The van der Waals surface area contributed by atoms with Crippen LogP contribution in [0.4, 0.5) is 0 Å². The lowest BCUT2D eigenvalue weighted by Crippen LogP contribution is -2.46. The van der Waals surface area contributed by atoms with Crippen molar-refractivity contribution in [1.29, 1.82) is 0 Å². The molecule has 4 aliphatic carbocycles. The van der Waals surface area contributed by atoms with Crippen molar-refractivity contribution < 1.29 is 9.90 Å². The molecule has 4 rings (SSSR count). The van der Waals surface area contributed by atoms with Crippen molar-refractivity contribution in [1.82, 2.24) is 0 Å². The van der Waals surface area contributed by atoms with Gasteiger partial charge < -0.3 is 5.11 Å². The summed E-state index contributed by atoms with van der Waals surface area (Å²) in [6, 6.07) is 0. The smallest absolute Gasteiger partial charge is 0.303 e. The van der Waals surface area contributed by atoms with E-state index in [1.165, 1.54) is 70.6 Å². The molecule has 0 aromatic carbocycles. The van der Waals surface area contributed by atoms with E-state index in [1.54, 1.807) is 6.42 Å². The summed E-state index contributed by atoms with van der Waals surface area (Å²) in [6.45, 7) is 2.60. The van der Waals surface area contributed by atoms with Crippen LogP contribution in [0.25, 0.3) is 0 Å². The van der Waals surface area contributed by atoms with Crippen molar-refractivity contribution in [3.8, 4) is 0 Å². The van der Waals surface area contributed by atoms with Crippen LogP contribution in [0.15, 0.2) is 0 Å². The van der Waals surface area contributed by atoms with E-state index >= 15 is 0 Å². The van der Waals surface area contributed by atoms with E-state index in [1.807, 2.05) is 0 Å². The average Bonchev–Trinajstić information content (AvgIpc) is 2.89. The van der Waals surface area contributed by atoms with Gasteiger partial charge in [-0.25, -0.2) is 0 Å². The average molecular weight is 347 g/mol. The van der Waals surface area contributed by atoms with Gasteiger partial charge in [-0.05, 0) is 105 Å². The zero-order chi connectivity index (χ0) is 17.5. The van der Waals surface area contributed by atoms with Crippen molar-refractivity contribution in [2.75, 3.05) is 0 Å². The number of aliphatic carboxylic acids is 1.